The number of hydrogen-bond acceptors (Lipinski definition) is 3. The SMILES string of the molecule is O=S(CCN1CCCNCC1)C1CC1. The van der Waals surface area contributed by atoms with Gasteiger partial charge in [0.1, 0.15) is 0 Å². The fraction of sp³-hybridized carbons (Fsp3) is 1.00. The molecule has 2 rings (SSSR count). The zero-order valence-electron chi connectivity index (χ0n) is 8.71. The highest BCUT2D eigenvalue weighted by molar-refractivity contribution is 7.85. The molecule has 14 heavy (non-hydrogen) atoms. The molecule has 1 aliphatic heterocycles. The Morgan fingerprint density at radius 1 is 1.29 bits per heavy atom. The summed E-state index contributed by atoms with van der Waals surface area (Å²) in [5, 5.41) is 3.94. The third kappa shape index (κ3) is 3.33. The molecular formula is C10H20N2OS. The van der Waals surface area contributed by atoms with Gasteiger partial charge in [-0.25, -0.2) is 0 Å². The molecule has 0 aromatic carbocycles. The molecule has 2 fully saturated rings. The minimum atomic E-state index is -0.530. The second-order valence-electron chi connectivity index (χ2n) is 4.23. The van der Waals surface area contributed by atoms with Gasteiger partial charge in [-0.1, -0.05) is 0 Å². The van der Waals surface area contributed by atoms with Crippen molar-refractivity contribution >= 4 is 10.8 Å². The third-order valence-electron chi connectivity index (χ3n) is 2.94. The van der Waals surface area contributed by atoms with E-state index in [1.165, 1.54) is 25.8 Å². The normalized spacial score (nSPS) is 27.1. The van der Waals surface area contributed by atoms with Crippen LogP contribution in [0.1, 0.15) is 19.3 Å². The van der Waals surface area contributed by atoms with Crippen molar-refractivity contribution in [2.45, 2.75) is 24.5 Å². The predicted molar refractivity (Wildman–Crippen MR) is 60.0 cm³/mol. The number of rotatable bonds is 4. The Hall–Kier alpha value is 0.0700. The van der Waals surface area contributed by atoms with Crippen LogP contribution in [0.15, 0.2) is 0 Å². The molecule has 1 aliphatic carbocycles. The van der Waals surface area contributed by atoms with Gasteiger partial charge >= 0.3 is 0 Å². The van der Waals surface area contributed by atoms with Crippen LogP contribution >= 0.6 is 0 Å². The van der Waals surface area contributed by atoms with E-state index in [2.05, 4.69) is 10.2 Å². The molecule has 0 aromatic rings. The monoisotopic (exact) mass is 216 g/mol. The first-order chi connectivity index (χ1) is 6.86. The van der Waals surface area contributed by atoms with E-state index in [1.807, 2.05) is 0 Å². The van der Waals surface area contributed by atoms with Crippen LogP contribution in [0.25, 0.3) is 0 Å². The second kappa shape index (κ2) is 5.24. The lowest BCUT2D eigenvalue weighted by Crippen LogP contribution is -2.32. The first kappa shape index (κ1) is 10.6. The molecule has 82 valence electrons. The van der Waals surface area contributed by atoms with Crippen LogP contribution in [0, 0.1) is 0 Å². The van der Waals surface area contributed by atoms with Crippen molar-refractivity contribution in [3.05, 3.63) is 0 Å². The molecule has 0 radical (unpaired) electrons. The van der Waals surface area contributed by atoms with Crippen LogP contribution in [-0.4, -0.2) is 52.8 Å². The standard InChI is InChI=1S/C10H20N2OS/c13-14(10-2-3-10)9-8-12-6-1-4-11-5-7-12/h10-11H,1-9H2. The van der Waals surface area contributed by atoms with E-state index in [1.54, 1.807) is 0 Å². The molecule has 1 unspecified atom stereocenters. The molecule has 0 aromatic heterocycles. The lowest BCUT2D eigenvalue weighted by molar-refractivity contribution is 0.310. The van der Waals surface area contributed by atoms with Crippen molar-refractivity contribution in [3.8, 4) is 0 Å². The van der Waals surface area contributed by atoms with Gasteiger partial charge in [0.2, 0.25) is 0 Å². The molecule has 4 heteroatoms. The van der Waals surface area contributed by atoms with Crippen LogP contribution in [0.2, 0.25) is 0 Å². The average Bonchev–Trinajstić information content (AvgIpc) is 3.01. The lowest BCUT2D eigenvalue weighted by Gasteiger charge is -2.18. The Morgan fingerprint density at radius 3 is 2.93 bits per heavy atom. The van der Waals surface area contributed by atoms with Gasteiger partial charge in [-0.05, 0) is 32.4 Å². The summed E-state index contributed by atoms with van der Waals surface area (Å²) in [5.41, 5.74) is 0. The molecule has 1 heterocycles. The van der Waals surface area contributed by atoms with Crippen molar-refractivity contribution in [1.82, 2.24) is 10.2 Å². The van der Waals surface area contributed by atoms with Gasteiger partial charge < -0.3 is 10.2 Å². The van der Waals surface area contributed by atoms with Crippen molar-refractivity contribution in [3.63, 3.8) is 0 Å². The van der Waals surface area contributed by atoms with Crippen molar-refractivity contribution < 1.29 is 4.21 Å². The number of nitrogens with one attached hydrogen (secondary N) is 1. The Morgan fingerprint density at radius 2 is 2.14 bits per heavy atom. The summed E-state index contributed by atoms with van der Waals surface area (Å²) in [4.78, 5) is 2.44. The summed E-state index contributed by atoms with van der Waals surface area (Å²) >= 11 is 0. The molecule has 1 saturated carbocycles. The van der Waals surface area contributed by atoms with Gasteiger partial charge in [-0.15, -0.1) is 0 Å². The number of hydrogen-bond donors (Lipinski definition) is 1. The average molecular weight is 216 g/mol. The molecule has 1 N–H and O–H groups in total. The highest BCUT2D eigenvalue weighted by atomic mass is 32.2. The molecule has 1 saturated heterocycles. The second-order valence-corrected chi connectivity index (χ2v) is 6.07. The highest BCUT2D eigenvalue weighted by Crippen LogP contribution is 2.26. The smallest absolute Gasteiger partial charge is 0.0365 e. The molecule has 3 nitrogen and oxygen atoms in total. The first-order valence-corrected chi connectivity index (χ1v) is 7.05. The summed E-state index contributed by atoms with van der Waals surface area (Å²) in [5.74, 6) is 0.894. The first-order valence-electron chi connectivity index (χ1n) is 5.66. The molecular weight excluding hydrogens is 196 g/mol. The summed E-state index contributed by atoms with van der Waals surface area (Å²) in [6.07, 6.45) is 3.64. The van der Waals surface area contributed by atoms with Crippen molar-refractivity contribution in [1.29, 1.82) is 0 Å². The van der Waals surface area contributed by atoms with Gasteiger partial charge in [-0.3, -0.25) is 4.21 Å². The maximum atomic E-state index is 11.6. The Labute approximate surface area is 88.7 Å². The summed E-state index contributed by atoms with van der Waals surface area (Å²) < 4.78 is 11.6. The molecule has 2 aliphatic rings. The maximum Gasteiger partial charge on any atom is 0.0365 e. The van der Waals surface area contributed by atoms with E-state index < -0.39 is 10.8 Å². The van der Waals surface area contributed by atoms with E-state index in [9.17, 15) is 4.21 Å². The maximum absolute atomic E-state index is 11.6. The van der Waals surface area contributed by atoms with Crippen LogP contribution in [0.5, 0.6) is 0 Å². The summed E-state index contributed by atoms with van der Waals surface area (Å²) in [7, 11) is -0.530. The van der Waals surface area contributed by atoms with Gasteiger partial charge in [-0.2, -0.15) is 0 Å². The molecule has 0 amide bonds. The molecule has 1 atom stereocenters. The van der Waals surface area contributed by atoms with E-state index in [-0.39, 0.29) is 0 Å². The summed E-state index contributed by atoms with van der Waals surface area (Å²) in [6, 6.07) is 0. The van der Waals surface area contributed by atoms with E-state index in [0.29, 0.717) is 5.25 Å². The largest absolute Gasteiger partial charge is 0.315 e. The van der Waals surface area contributed by atoms with E-state index in [0.717, 1.165) is 31.9 Å². The Kier molecular flexibility index (Phi) is 3.96. The summed E-state index contributed by atoms with van der Waals surface area (Å²) in [6.45, 7) is 5.57. The highest BCUT2D eigenvalue weighted by Gasteiger charge is 2.28. The van der Waals surface area contributed by atoms with Gasteiger partial charge in [0, 0.05) is 41.4 Å². The number of nitrogens with zero attached hydrogens (tertiary/aromatic N) is 1. The zero-order chi connectivity index (χ0) is 9.80. The molecule has 0 spiro atoms. The van der Waals surface area contributed by atoms with Gasteiger partial charge in [0.15, 0.2) is 0 Å². The van der Waals surface area contributed by atoms with Crippen molar-refractivity contribution in [2.75, 3.05) is 38.5 Å². The van der Waals surface area contributed by atoms with E-state index >= 15 is 0 Å². The Balaban J connectivity index is 1.65. The van der Waals surface area contributed by atoms with Crippen LogP contribution in [-0.2, 0) is 10.8 Å². The minimum absolute atomic E-state index is 0.530. The quantitative estimate of drug-likeness (QED) is 0.728. The zero-order valence-corrected chi connectivity index (χ0v) is 9.52. The molecule has 0 bridgehead atoms. The van der Waals surface area contributed by atoms with Crippen molar-refractivity contribution in [2.24, 2.45) is 0 Å². The van der Waals surface area contributed by atoms with Gasteiger partial charge in [0.25, 0.3) is 0 Å². The predicted octanol–water partition coefficient (Wildman–Crippen LogP) is 0.193. The Bertz CT molecular complexity index is 198. The topological polar surface area (TPSA) is 32.3 Å². The third-order valence-corrected chi connectivity index (χ3v) is 4.74. The minimum Gasteiger partial charge on any atom is -0.315 e. The van der Waals surface area contributed by atoms with Gasteiger partial charge in [0.05, 0.1) is 0 Å². The fourth-order valence-electron chi connectivity index (χ4n) is 1.84. The fourth-order valence-corrected chi connectivity index (χ4v) is 3.28. The van der Waals surface area contributed by atoms with Crippen LogP contribution in [0.4, 0.5) is 0 Å². The van der Waals surface area contributed by atoms with E-state index in [4.69, 9.17) is 0 Å². The van der Waals surface area contributed by atoms with Crippen LogP contribution < -0.4 is 5.32 Å². The lowest BCUT2D eigenvalue weighted by atomic mass is 10.4. The van der Waals surface area contributed by atoms with Crippen LogP contribution in [0.3, 0.4) is 0 Å².